The molecule has 0 bridgehead atoms. The summed E-state index contributed by atoms with van der Waals surface area (Å²) >= 11 is 10.9. The fourth-order valence-electron chi connectivity index (χ4n) is 0.892. The SMILES string of the molecule is CCCCCCC(F)[SiH](Cl)Cl. The third-order valence-corrected chi connectivity index (χ3v) is 4.13. The van der Waals surface area contributed by atoms with E-state index >= 15 is 0 Å². The molecule has 0 aromatic rings. The van der Waals surface area contributed by atoms with E-state index in [9.17, 15) is 4.39 Å². The highest BCUT2D eigenvalue weighted by molar-refractivity contribution is 7.34. The smallest absolute Gasteiger partial charge is 0.249 e. The third-order valence-electron chi connectivity index (χ3n) is 1.61. The van der Waals surface area contributed by atoms with Gasteiger partial charge in [-0.25, -0.2) is 4.39 Å². The molecule has 11 heavy (non-hydrogen) atoms. The summed E-state index contributed by atoms with van der Waals surface area (Å²) in [5.74, 6) is -0.907. The zero-order valence-corrected chi connectivity index (χ0v) is 9.49. The molecule has 0 amide bonds. The Morgan fingerprint density at radius 1 is 1.27 bits per heavy atom. The van der Waals surface area contributed by atoms with E-state index in [1.54, 1.807) is 0 Å². The molecule has 0 nitrogen and oxygen atoms in total. The van der Waals surface area contributed by atoms with Gasteiger partial charge in [-0.2, -0.15) is 0 Å². The lowest BCUT2D eigenvalue weighted by molar-refractivity contribution is 0.400. The second-order valence-electron chi connectivity index (χ2n) is 2.70. The molecule has 0 spiro atoms. The van der Waals surface area contributed by atoms with Gasteiger partial charge in [-0.15, -0.1) is 22.2 Å². The highest BCUT2D eigenvalue weighted by atomic mass is 35.7. The Balaban J connectivity index is 3.10. The van der Waals surface area contributed by atoms with Gasteiger partial charge in [0.15, 0.2) is 0 Å². The van der Waals surface area contributed by atoms with E-state index in [-0.39, 0.29) is 0 Å². The van der Waals surface area contributed by atoms with Crippen molar-refractivity contribution >= 4 is 29.6 Å². The minimum atomic E-state index is -2.04. The lowest BCUT2D eigenvalue weighted by atomic mass is 10.2. The maximum Gasteiger partial charge on any atom is 0.270 e. The van der Waals surface area contributed by atoms with Gasteiger partial charge in [0.1, 0.15) is 5.79 Å². The highest BCUT2D eigenvalue weighted by Gasteiger charge is 2.16. The molecule has 0 fully saturated rings. The molecule has 0 aliphatic rings. The molecule has 0 aromatic heterocycles. The Bertz CT molecular complexity index is 90.5. The minimum Gasteiger partial charge on any atom is -0.249 e. The van der Waals surface area contributed by atoms with Crippen molar-refractivity contribution < 1.29 is 4.39 Å². The first-order valence-electron chi connectivity index (χ1n) is 4.10. The van der Waals surface area contributed by atoms with Gasteiger partial charge in [-0.1, -0.05) is 32.6 Å². The summed E-state index contributed by atoms with van der Waals surface area (Å²) in [5.41, 5.74) is 0. The fourth-order valence-corrected chi connectivity index (χ4v) is 2.14. The van der Waals surface area contributed by atoms with Crippen LogP contribution in [0.1, 0.15) is 39.0 Å². The normalized spacial score (nSPS) is 13.9. The first-order chi connectivity index (χ1) is 5.18. The number of hydrogen-bond acceptors (Lipinski definition) is 0. The van der Waals surface area contributed by atoms with Crippen LogP contribution in [0.25, 0.3) is 0 Å². The molecule has 68 valence electrons. The summed E-state index contributed by atoms with van der Waals surface area (Å²) in [4.78, 5) is 0. The molecule has 1 unspecified atom stereocenters. The number of hydrogen-bond donors (Lipinski definition) is 0. The maximum atomic E-state index is 12.8. The Hall–Kier alpha value is 0.727. The van der Waals surface area contributed by atoms with Crippen molar-refractivity contribution in [1.29, 1.82) is 0 Å². The predicted octanol–water partition coefficient (Wildman–Crippen LogP) is 3.53. The Kier molecular flexibility index (Phi) is 7.87. The highest BCUT2D eigenvalue weighted by Crippen LogP contribution is 2.14. The van der Waals surface area contributed by atoms with Crippen LogP contribution in [0.4, 0.5) is 4.39 Å². The first kappa shape index (κ1) is 11.7. The first-order valence-corrected chi connectivity index (χ1v) is 8.26. The van der Waals surface area contributed by atoms with E-state index in [0.717, 1.165) is 12.8 Å². The zero-order chi connectivity index (χ0) is 8.69. The second-order valence-corrected chi connectivity index (χ2v) is 7.58. The maximum absolute atomic E-state index is 12.8. The van der Waals surface area contributed by atoms with Crippen LogP contribution >= 0.6 is 22.2 Å². The lowest BCUT2D eigenvalue weighted by Crippen LogP contribution is -2.14. The molecular formula is C7H15Cl2FSi. The summed E-state index contributed by atoms with van der Waals surface area (Å²) in [7, 11) is -2.04. The molecule has 4 heteroatoms. The molecule has 0 heterocycles. The van der Waals surface area contributed by atoms with Crippen molar-refractivity contribution in [2.45, 2.75) is 44.8 Å². The molecule has 0 aliphatic carbocycles. The topological polar surface area (TPSA) is 0 Å². The van der Waals surface area contributed by atoms with Crippen LogP contribution in [-0.2, 0) is 0 Å². The standard InChI is InChI=1S/C7H15Cl2FSi/c1-2-3-4-5-6-7(10)11(8)9/h7,11H,2-6H2,1H3. The average molecular weight is 217 g/mol. The Morgan fingerprint density at radius 3 is 2.36 bits per heavy atom. The zero-order valence-electron chi connectivity index (χ0n) is 6.82. The van der Waals surface area contributed by atoms with Crippen molar-refractivity contribution in [2.75, 3.05) is 0 Å². The van der Waals surface area contributed by atoms with Gasteiger partial charge < -0.3 is 0 Å². The molecule has 0 radical (unpaired) electrons. The summed E-state index contributed by atoms with van der Waals surface area (Å²) < 4.78 is 12.8. The van der Waals surface area contributed by atoms with Crippen LogP contribution in [0.15, 0.2) is 0 Å². The molecule has 0 rings (SSSR count). The van der Waals surface area contributed by atoms with Gasteiger partial charge in [0.2, 0.25) is 0 Å². The fraction of sp³-hybridized carbons (Fsp3) is 1.00. The number of alkyl halides is 1. The predicted molar refractivity (Wildman–Crippen MR) is 52.5 cm³/mol. The van der Waals surface area contributed by atoms with Gasteiger partial charge in [-0.05, 0) is 6.42 Å². The molecule has 0 saturated carbocycles. The van der Waals surface area contributed by atoms with E-state index in [0.29, 0.717) is 6.42 Å². The summed E-state index contributed by atoms with van der Waals surface area (Å²) in [6, 6.07) is 0. The molecule has 0 N–H and O–H groups in total. The van der Waals surface area contributed by atoms with Crippen molar-refractivity contribution in [3.8, 4) is 0 Å². The Morgan fingerprint density at radius 2 is 1.91 bits per heavy atom. The van der Waals surface area contributed by atoms with E-state index in [4.69, 9.17) is 22.2 Å². The largest absolute Gasteiger partial charge is 0.270 e. The monoisotopic (exact) mass is 216 g/mol. The minimum absolute atomic E-state index is 0.559. The quantitative estimate of drug-likeness (QED) is 0.362. The van der Waals surface area contributed by atoms with E-state index in [1.165, 1.54) is 12.8 Å². The molecule has 0 aliphatic heterocycles. The summed E-state index contributed by atoms with van der Waals surface area (Å²) in [6.45, 7) is 2.13. The van der Waals surface area contributed by atoms with Crippen LogP contribution in [-0.4, -0.2) is 13.2 Å². The molecule has 0 saturated heterocycles. The summed E-state index contributed by atoms with van der Waals surface area (Å²) in [5, 5.41) is 0. The molecule has 1 atom stereocenters. The summed E-state index contributed by atoms with van der Waals surface area (Å²) in [6.07, 6.45) is 4.96. The number of halogens is 3. The van der Waals surface area contributed by atoms with E-state index in [1.807, 2.05) is 0 Å². The lowest BCUT2D eigenvalue weighted by Gasteiger charge is -2.05. The van der Waals surface area contributed by atoms with Crippen molar-refractivity contribution in [3.05, 3.63) is 0 Å². The average Bonchev–Trinajstić information content (AvgIpc) is 1.97. The third kappa shape index (κ3) is 7.10. The molecular weight excluding hydrogens is 202 g/mol. The molecule has 0 aromatic carbocycles. The van der Waals surface area contributed by atoms with Gasteiger partial charge >= 0.3 is 0 Å². The van der Waals surface area contributed by atoms with Crippen LogP contribution in [0.5, 0.6) is 0 Å². The number of rotatable bonds is 6. The van der Waals surface area contributed by atoms with Crippen LogP contribution in [0.3, 0.4) is 0 Å². The van der Waals surface area contributed by atoms with Crippen molar-refractivity contribution in [2.24, 2.45) is 0 Å². The van der Waals surface area contributed by atoms with E-state index < -0.39 is 13.2 Å². The van der Waals surface area contributed by atoms with Crippen LogP contribution < -0.4 is 0 Å². The number of unbranched alkanes of at least 4 members (excludes halogenated alkanes) is 3. The van der Waals surface area contributed by atoms with Crippen molar-refractivity contribution in [1.82, 2.24) is 0 Å². The van der Waals surface area contributed by atoms with Gasteiger partial charge in [-0.3, -0.25) is 0 Å². The van der Waals surface area contributed by atoms with Gasteiger partial charge in [0.25, 0.3) is 7.42 Å². The van der Waals surface area contributed by atoms with E-state index in [2.05, 4.69) is 6.92 Å². The van der Waals surface area contributed by atoms with Crippen molar-refractivity contribution in [3.63, 3.8) is 0 Å². The second kappa shape index (κ2) is 7.38. The van der Waals surface area contributed by atoms with Gasteiger partial charge in [0, 0.05) is 0 Å². The van der Waals surface area contributed by atoms with Crippen LogP contribution in [0, 0.1) is 0 Å². The van der Waals surface area contributed by atoms with Crippen LogP contribution in [0.2, 0.25) is 0 Å². The Labute approximate surface area is 79.1 Å². The van der Waals surface area contributed by atoms with Gasteiger partial charge in [0.05, 0.1) is 0 Å².